The molecule has 3 amide bonds. The number of hydrogen-bond acceptors (Lipinski definition) is 4. The Morgan fingerprint density at radius 3 is 2.41 bits per heavy atom. The van der Waals surface area contributed by atoms with E-state index in [2.05, 4.69) is 16.0 Å². The summed E-state index contributed by atoms with van der Waals surface area (Å²) < 4.78 is 2.12. The van der Waals surface area contributed by atoms with Crippen molar-refractivity contribution in [1.29, 1.82) is 0 Å². The number of nitrogens with one attached hydrogen (secondary N) is 1. The number of rotatable bonds is 6. The molecule has 0 radical (unpaired) electrons. The molecule has 1 aliphatic carbocycles. The Kier molecular flexibility index (Phi) is 6.11. The number of nitro groups is 1. The Hall–Kier alpha value is -4.92. The standard InChI is InChI=1S/C30H27N5O4/c1-20-6-4-7-21(18-20)29-27-10-5-17-32(27)25-8-2-3-9-26(25)34(29)28(36)19-33(23-15-16-23)30(37)31-22-11-13-24(14-12-22)35(38)39/h2-14,17-18,23,29H,15-16,19H2,1H3,(H,31,37). The smallest absolute Gasteiger partial charge is 0.316 e. The van der Waals surface area contributed by atoms with Gasteiger partial charge in [0.2, 0.25) is 5.91 Å². The Morgan fingerprint density at radius 1 is 0.974 bits per heavy atom. The molecule has 9 nitrogen and oxygen atoms in total. The number of nitro benzene ring substituents is 1. The molecule has 2 aliphatic rings. The number of hydrogen-bond donors (Lipinski definition) is 1. The van der Waals surface area contributed by atoms with E-state index >= 15 is 0 Å². The van der Waals surface area contributed by atoms with Crippen molar-refractivity contribution in [2.24, 2.45) is 0 Å². The third-order valence-corrected chi connectivity index (χ3v) is 7.23. The van der Waals surface area contributed by atoms with Crippen molar-refractivity contribution in [3.63, 3.8) is 0 Å². The van der Waals surface area contributed by atoms with Gasteiger partial charge >= 0.3 is 6.03 Å². The first kappa shape index (κ1) is 24.4. The average Bonchev–Trinajstić information content (AvgIpc) is 3.66. The highest BCUT2D eigenvalue weighted by molar-refractivity contribution is 6.01. The van der Waals surface area contributed by atoms with Crippen molar-refractivity contribution in [3.8, 4) is 5.69 Å². The third kappa shape index (κ3) is 4.63. The number of nitrogens with zero attached hydrogens (tertiary/aromatic N) is 4. The van der Waals surface area contributed by atoms with E-state index in [1.165, 1.54) is 24.3 Å². The number of para-hydroxylation sites is 2. The number of carbonyl (C=O) groups is 2. The van der Waals surface area contributed by atoms with Crippen LogP contribution in [0, 0.1) is 17.0 Å². The Labute approximate surface area is 225 Å². The summed E-state index contributed by atoms with van der Waals surface area (Å²) in [5.41, 5.74) is 5.12. The predicted octanol–water partition coefficient (Wildman–Crippen LogP) is 5.83. The number of aryl methyl sites for hydroxylation is 1. The largest absolute Gasteiger partial charge is 0.322 e. The number of anilines is 2. The SMILES string of the molecule is Cc1cccc(C2c3cccn3-c3ccccc3N2C(=O)CN(C(=O)Nc2ccc([N+](=O)[O-])cc2)C2CC2)c1. The van der Waals surface area contributed by atoms with Gasteiger partial charge in [0.1, 0.15) is 12.6 Å². The van der Waals surface area contributed by atoms with Gasteiger partial charge in [-0.1, -0.05) is 42.0 Å². The minimum atomic E-state index is -0.488. The van der Waals surface area contributed by atoms with Gasteiger partial charge in [0.15, 0.2) is 0 Å². The Bertz CT molecular complexity index is 1570. The molecule has 4 aromatic rings. The summed E-state index contributed by atoms with van der Waals surface area (Å²) in [6.45, 7) is 1.93. The van der Waals surface area contributed by atoms with Gasteiger partial charge in [0.25, 0.3) is 5.69 Å². The van der Waals surface area contributed by atoms with E-state index < -0.39 is 11.0 Å². The molecular formula is C30H27N5O4. The van der Waals surface area contributed by atoms with Crippen LogP contribution in [0.3, 0.4) is 0 Å². The lowest BCUT2D eigenvalue weighted by Gasteiger charge is -2.39. The summed E-state index contributed by atoms with van der Waals surface area (Å²) in [5.74, 6) is -0.188. The quantitative estimate of drug-likeness (QED) is 0.255. The van der Waals surface area contributed by atoms with Gasteiger partial charge in [-0.25, -0.2) is 4.79 Å². The third-order valence-electron chi connectivity index (χ3n) is 7.23. The molecule has 1 fully saturated rings. The number of amides is 3. The van der Waals surface area contributed by atoms with E-state index in [4.69, 9.17) is 0 Å². The van der Waals surface area contributed by atoms with Crippen LogP contribution in [0.4, 0.5) is 21.9 Å². The Balaban J connectivity index is 1.33. The van der Waals surface area contributed by atoms with Crippen LogP contribution < -0.4 is 10.2 Å². The van der Waals surface area contributed by atoms with Crippen LogP contribution in [0.15, 0.2) is 91.1 Å². The fourth-order valence-corrected chi connectivity index (χ4v) is 5.25. The van der Waals surface area contributed by atoms with Crippen LogP contribution in [0.5, 0.6) is 0 Å². The van der Waals surface area contributed by atoms with Crippen molar-refractivity contribution < 1.29 is 14.5 Å². The van der Waals surface area contributed by atoms with Crippen LogP contribution in [0.1, 0.15) is 35.7 Å². The summed E-state index contributed by atoms with van der Waals surface area (Å²) in [5, 5.41) is 13.8. The van der Waals surface area contributed by atoms with Gasteiger partial charge in [-0.05, 0) is 61.7 Å². The molecule has 0 spiro atoms. The van der Waals surface area contributed by atoms with Crippen molar-refractivity contribution in [2.75, 3.05) is 16.8 Å². The van der Waals surface area contributed by atoms with E-state index in [1.54, 1.807) is 4.90 Å². The number of urea groups is 1. The lowest BCUT2D eigenvalue weighted by Crippen LogP contribution is -2.48. The highest BCUT2D eigenvalue weighted by atomic mass is 16.6. The van der Waals surface area contributed by atoms with Crippen LogP contribution in [0.2, 0.25) is 0 Å². The molecule has 3 aromatic carbocycles. The second-order valence-electron chi connectivity index (χ2n) is 9.97. The number of carbonyl (C=O) groups excluding carboxylic acids is 2. The summed E-state index contributed by atoms with van der Waals surface area (Å²) in [7, 11) is 0. The van der Waals surface area contributed by atoms with Gasteiger partial charge in [0, 0.05) is 30.1 Å². The molecule has 1 aromatic heterocycles. The fraction of sp³-hybridized carbons (Fsp3) is 0.200. The normalized spacial score (nSPS) is 15.7. The molecule has 0 bridgehead atoms. The maximum absolute atomic E-state index is 14.2. The van der Waals surface area contributed by atoms with Gasteiger partial charge in [0.05, 0.1) is 22.0 Å². The lowest BCUT2D eigenvalue weighted by atomic mass is 9.96. The van der Waals surface area contributed by atoms with Crippen LogP contribution in [0.25, 0.3) is 5.69 Å². The van der Waals surface area contributed by atoms with Gasteiger partial charge < -0.3 is 14.8 Å². The Morgan fingerprint density at radius 2 is 1.72 bits per heavy atom. The monoisotopic (exact) mass is 521 g/mol. The lowest BCUT2D eigenvalue weighted by molar-refractivity contribution is -0.384. The van der Waals surface area contributed by atoms with Gasteiger partial charge in [-0.3, -0.25) is 19.8 Å². The van der Waals surface area contributed by atoms with Crippen LogP contribution >= 0.6 is 0 Å². The summed E-state index contributed by atoms with van der Waals surface area (Å²) >= 11 is 0. The zero-order valence-corrected chi connectivity index (χ0v) is 21.4. The number of non-ortho nitro benzene ring substituents is 1. The second-order valence-corrected chi connectivity index (χ2v) is 9.97. The minimum Gasteiger partial charge on any atom is -0.316 e. The maximum atomic E-state index is 14.2. The van der Waals surface area contributed by atoms with E-state index in [9.17, 15) is 19.7 Å². The summed E-state index contributed by atoms with van der Waals surface area (Å²) in [4.78, 5) is 41.4. The molecule has 196 valence electrons. The van der Waals surface area contributed by atoms with Crippen molar-refractivity contribution in [3.05, 3.63) is 118 Å². The summed E-state index contributed by atoms with van der Waals surface area (Å²) in [6, 6.07) is 24.8. The minimum absolute atomic E-state index is 0.0340. The van der Waals surface area contributed by atoms with E-state index in [0.717, 1.165) is 41.0 Å². The highest BCUT2D eigenvalue weighted by Crippen LogP contribution is 2.42. The van der Waals surface area contributed by atoms with E-state index in [0.29, 0.717) is 5.69 Å². The van der Waals surface area contributed by atoms with Crippen LogP contribution in [-0.2, 0) is 4.79 Å². The number of benzene rings is 3. The molecule has 6 rings (SSSR count). The second kappa shape index (κ2) is 9.75. The molecule has 1 aliphatic heterocycles. The average molecular weight is 522 g/mol. The molecular weight excluding hydrogens is 494 g/mol. The van der Waals surface area contributed by atoms with E-state index in [-0.39, 0.29) is 30.2 Å². The van der Waals surface area contributed by atoms with Gasteiger partial charge in [-0.2, -0.15) is 0 Å². The highest BCUT2D eigenvalue weighted by Gasteiger charge is 2.40. The molecule has 0 saturated heterocycles. The maximum Gasteiger partial charge on any atom is 0.322 e. The molecule has 1 unspecified atom stereocenters. The fourth-order valence-electron chi connectivity index (χ4n) is 5.25. The van der Waals surface area contributed by atoms with Crippen LogP contribution in [-0.4, -0.2) is 38.9 Å². The van der Waals surface area contributed by atoms with Crippen molar-refractivity contribution in [2.45, 2.75) is 31.8 Å². The first-order valence-electron chi connectivity index (χ1n) is 12.9. The number of fused-ring (bicyclic) bond motifs is 3. The zero-order valence-electron chi connectivity index (χ0n) is 21.4. The molecule has 39 heavy (non-hydrogen) atoms. The first-order valence-corrected chi connectivity index (χ1v) is 12.9. The van der Waals surface area contributed by atoms with Crippen molar-refractivity contribution in [1.82, 2.24) is 9.47 Å². The first-order chi connectivity index (χ1) is 18.9. The van der Waals surface area contributed by atoms with Crippen molar-refractivity contribution >= 4 is 29.0 Å². The molecule has 1 saturated carbocycles. The molecule has 9 heteroatoms. The topological polar surface area (TPSA) is 101 Å². The summed E-state index contributed by atoms with van der Waals surface area (Å²) in [6.07, 6.45) is 3.65. The molecule has 2 heterocycles. The molecule has 1 N–H and O–H groups in total. The van der Waals surface area contributed by atoms with E-state index in [1.807, 2.05) is 72.6 Å². The zero-order chi connectivity index (χ0) is 27.1. The molecule has 1 atom stereocenters. The van der Waals surface area contributed by atoms with Gasteiger partial charge in [-0.15, -0.1) is 0 Å². The predicted molar refractivity (Wildman–Crippen MR) is 148 cm³/mol. The number of aromatic nitrogens is 1.